The summed E-state index contributed by atoms with van der Waals surface area (Å²) in [6, 6.07) is 12.8. The van der Waals surface area contributed by atoms with Gasteiger partial charge in [-0.15, -0.1) is 0 Å². The number of benzene rings is 2. The number of rotatable bonds is 6. The van der Waals surface area contributed by atoms with E-state index in [1.165, 1.54) is 31.2 Å². The lowest BCUT2D eigenvalue weighted by Gasteiger charge is -2.25. The number of para-hydroxylation sites is 2. The molecule has 2 aromatic rings. The smallest absolute Gasteiger partial charge is 0.351 e. The molecule has 0 fully saturated rings. The van der Waals surface area contributed by atoms with E-state index in [0.717, 1.165) is 6.26 Å². The number of esters is 1. The van der Waals surface area contributed by atoms with Crippen molar-refractivity contribution in [3.63, 3.8) is 0 Å². The van der Waals surface area contributed by atoms with Crippen LogP contribution in [0.2, 0.25) is 0 Å². The van der Waals surface area contributed by atoms with Gasteiger partial charge in [-0.1, -0.05) is 12.1 Å². The summed E-state index contributed by atoms with van der Waals surface area (Å²) in [5.41, 5.74) is 0.612. The molecule has 148 valence electrons. The molecule has 0 radical (unpaired) electrons. The lowest BCUT2D eigenvalue weighted by Crippen LogP contribution is -2.40. The van der Waals surface area contributed by atoms with Crippen LogP contribution in [0.25, 0.3) is 0 Å². The molecule has 1 aliphatic heterocycles. The van der Waals surface area contributed by atoms with E-state index >= 15 is 0 Å². The molecule has 9 heteroatoms. The Morgan fingerprint density at radius 1 is 1.11 bits per heavy atom. The van der Waals surface area contributed by atoms with Crippen molar-refractivity contribution < 1.29 is 32.2 Å². The van der Waals surface area contributed by atoms with E-state index in [2.05, 4.69) is 4.72 Å². The average Bonchev–Trinajstić information content (AvgIpc) is 2.66. The van der Waals surface area contributed by atoms with Crippen LogP contribution in [0.4, 0.5) is 5.69 Å². The minimum Gasteiger partial charge on any atom is -0.485 e. The summed E-state index contributed by atoms with van der Waals surface area (Å²) in [4.78, 5) is 24.8. The fraction of sp³-hybridized carbons (Fsp3) is 0.263. The van der Waals surface area contributed by atoms with Crippen LogP contribution in [0.3, 0.4) is 0 Å². The predicted molar refractivity (Wildman–Crippen MR) is 101 cm³/mol. The van der Waals surface area contributed by atoms with Gasteiger partial charge in [0.15, 0.2) is 17.6 Å². The summed E-state index contributed by atoms with van der Waals surface area (Å²) in [5, 5.41) is 0. The number of anilines is 1. The third kappa shape index (κ3) is 4.80. The monoisotopic (exact) mass is 405 g/mol. The molecule has 3 rings (SSSR count). The van der Waals surface area contributed by atoms with Crippen molar-refractivity contribution in [2.75, 3.05) is 17.6 Å². The molecule has 0 bridgehead atoms. The third-order valence-electron chi connectivity index (χ3n) is 3.91. The van der Waals surface area contributed by atoms with Gasteiger partial charge in [0, 0.05) is 11.3 Å². The van der Waals surface area contributed by atoms with Crippen LogP contribution in [0.15, 0.2) is 48.5 Å². The Labute approximate surface area is 162 Å². The first kappa shape index (κ1) is 19.7. The molecule has 0 spiro atoms. The summed E-state index contributed by atoms with van der Waals surface area (Å²) < 4.78 is 41.0. The van der Waals surface area contributed by atoms with Gasteiger partial charge >= 0.3 is 5.97 Å². The van der Waals surface area contributed by atoms with Crippen LogP contribution in [-0.2, 0) is 19.6 Å². The zero-order chi connectivity index (χ0) is 20.3. The predicted octanol–water partition coefficient (Wildman–Crippen LogP) is 2.01. The van der Waals surface area contributed by atoms with E-state index in [1.807, 2.05) is 0 Å². The second-order valence-electron chi connectivity index (χ2n) is 6.26. The van der Waals surface area contributed by atoms with Gasteiger partial charge in [-0.3, -0.25) is 9.52 Å². The highest BCUT2D eigenvalue weighted by Crippen LogP contribution is 2.31. The van der Waals surface area contributed by atoms with E-state index in [9.17, 15) is 18.0 Å². The summed E-state index contributed by atoms with van der Waals surface area (Å²) in [7, 11) is -3.41. The Balaban J connectivity index is 1.60. The minimum absolute atomic E-state index is 0.0113. The molecule has 0 saturated carbocycles. The summed E-state index contributed by atoms with van der Waals surface area (Å²) >= 11 is 0. The fourth-order valence-corrected chi connectivity index (χ4v) is 3.15. The Bertz CT molecular complexity index is 986. The fourth-order valence-electron chi connectivity index (χ4n) is 2.59. The van der Waals surface area contributed by atoms with Gasteiger partial charge in [0.2, 0.25) is 21.9 Å². The average molecular weight is 405 g/mol. The normalized spacial score (nSPS) is 16.7. The Morgan fingerprint density at radius 3 is 2.39 bits per heavy atom. The number of carbonyl (C=O) groups excluding carboxylic acids is 2. The van der Waals surface area contributed by atoms with Gasteiger partial charge in [-0.25, -0.2) is 13.2 Å². The maximum absolute atomic E-state index is 12.5. The van der Waals surface area contributed by atoms with Gasteiger partial charge in [0.25, 0.3) is 0 Å². The number of Topliss-reactive ketones (excluding diaryl/α,β-unsaturated/α-hetero) is 1. The van der Waals surface area contributed by atoms with Crippen molar-refractivity contribution >= 4 is 27.5 Å². The first-order chi connectivity index (χ1) is 13.2. The number of ether oxygens (including phenoxy) is 3. The number of fused-ring (bicyclic) bond motifs is 1. The summed E-state index contributed by atoms with van der Waals surface area (Å²) in [6.45, 7) is 1.45. The number of ketones is 1. The Hall–Kier alpha value is -3.07. The van der Waals surface area contributed by atoms with Crippen LogP contribution in [0.5, 0.6) is 11.5 Å². The lowest BCUT2D eigenvalue weighted by atomic mass is 10.1. The van der Waals surface area contributed by atoms with Crippen molar-refractivity contribution in [2.24, 2.45) is 0 Å². The van der Waals surface area contributed by atoms with Crippen molar-refractivity contribution in [1.82, 2.24) is 0 Å². The second-order valence-corrected chi connectivity index (χ2v) is 8.01. The lowest BCUT2D eigenvalue weighted by molar-refractivity contribution is -0.157. The molecule has 2 atom stereocenters. The second kappa shape index (κ2) is 7.89. The van der Waals surface area contributed by atoms with Crippen LogP contribution in [0.1, 0.15) is 17.3 Å². The highest BCUT2D eigenvalue weighted by atomic mass is 32.2. The summed E-state index contributed by atoms with van der Waals surface area (Å²) in [6.07, 6.45) is -0.975. The number of hydrogen-bond donors (Lipinski definition) is 1. The van der Waals surface area contributed by atoms with Crippen LogP contribution in [0, 0.1) is 0 Å². The Morgan fingerprint density at radius 2 is 1.75 bits per heavy atom. The molecule has 8 nitrogen and oxygen atoms in total. The highest BCUT2D eigenvalue weighted by molar-refractivity contribution is 7.92. The number of nitrogens with one attached hydrogen (secondary N) is 1. The van der Waals surface area contributed by atoms with Crippen LogP contribution >= 0.6 is 0 Å². The maximum atomic E-state index is 12.5. The molecule has 0 unspecified atom stereocenters. The maximum Gasteiger partial charge on any atom is 0.351 e. The zero-order valence-electron chi connectivity index (χ0n) is 15.2. The summed E-state index contributed by atoms with van der Waals surface area (Å²) in [5.74, 6) is -0.149. The van der Waals surface area contributed by atoms with Crippen molar-refractivity contribution in [2.45, 2.75) is 19.1 Å². The van der Waals surface area contributed by atoms with Crippen molar-refractivity contribution in [3.8, 4) is 11.5 Å². The number of sulfonamides is 1. The van der Waals surface area contributed by atoms with E-state index in [-0.39, 0.29) is 12.2 Å². The molecular weight excluding hydrogens is 386 g/mol. The first-order valence-electron chi connectivity index (χ1n) is 8.44. The molecule has 28 heavy (non-hydrogen) atoms. The molecule has 1 aliphatic rings. The molecule has 2 aromatic carbocycles. The largest absolute Gasteiger partial charge is 0.485 e. The van der Waals surface area contributed by atoms with Crippen molar-refractivity contribution in [3.05, 3.63) is 54.1 Å². The quantitative estimate of drug-likeness (QED) is 0.578. The van der Waals surface area contributed by atoms with E-state index in [1.54, 1.807) is 24.3 Å². The molecule has 0 aliphatic carbocycles. The van der Waals surface area contributed by atoms with E-state index < -0.39 is 34.0 Å². The molecule has 0 aromatic heterocycles. The SMILES string of the molecule is C[C@H](OC(=O)[C@@H]1COc2ccccc2O1)C(=O)c1ccc(NS(C)(=O)=O)cc1. The highest BCUT2D eigenvalue weighted by Gasteiger charge is 2.31. The van der Waals surface area contributed by atoms with Gasteiger partial charge < -0.3 is 14.2 Å². The Kier molecular flexibility index (Phi) is 5.55. The van der Waals surface area contributed by atoms with Crippen LogP contribution < -0.4 is 14.2 Å². The van der Waals surface area contributed by atoms with Crippen molar-refractivity contribution in [1.29, 1.82) is 0 Å². The van der Waals surface area contributed by atoms with Gasteiger partial charge in [-0.2, -0.15) is 0 Å². The van der Waals surface area contributed by atoms with Gasteiger partial charge in [0.1, 0.15) is 6.61 Å². The van der Waals surface area contributed by atoms with Gasteiger partial charge in [0.05, 0.1) is 6.26 Å². The third-order valence-corrected chi connectivity index (χ3v) is 4.51. The van der Waals surface area contributed by atoms with Gasteiger partial charge in [-0.05, 0) is 43.3 Å². The van der Waals surface area contributed by atoms with E-state index in [0.29, 0.717) is 17.2 Å². The number of carbonyl (C=O) groups is 2. The molecule has 0 saturated heterocycles. The first-order valence-corrected chi connectivity index (χ1v) is 10.3. The topological polar surface area (TPSA) is 108 Å². The van der Waals surface area contributed by atoms with E-state index in [4.69, 9.17) is 14.2 Å². The molecule has 0 amide bonds. The zero-order valence-corrected chi connectivity index (χ0v) is 16.1. The number of hydrogen-bond acceptors (Lipinski definition) is 7. The van der Waals surface area contributed by atoms with Crippen LogP contribution in [-0.4, -0.2) is 45.2 Å². The molecule has 1 heterocycles. The molecule has 1 N–H and O–H groups in total. The standard InChI is InChI=1S/C19H19NO7S/c1-12(18(21)13-7-9-14(10-8-13)20-28(2,23)24)26-19(22)17-11-25-15-5-3-4-6-16(15)27-17/h3-10,12,17,20H,11H2,1-2H3/t12-,17-/m0/s1. The minimum atomic E-state index is -3.41. The molecular formula is C19H19NO7S.